The summed E-state index contributed by atoms with van der Waals surface area (Å²) in [6.07, 6.45) is 0.804. The van der Waals surface area contributed by atoms with Gasteiger partial charge in [0.05, 0.1) is 0 Å². The summed E-state index contributed by atoms with van der Waals surface area (Å²) in [5, 5.41) is 2.89. The number of nitrogens with two attached hydrogens (primary N) is 1. The van der Waals surface area contributed by atoms with Gasteiger partial charge in [0.2, 0.25) is 0 Å². The van der Waals surface area contributed by atoms with Crippen molar-refractivity contribution in [2.24, 2.45) is 5.73 Å². The van der Waals surface area contributed by atoms with Gasteiger partial charge in [0.25, 0.3) is 5.91 Å². The monoisotopic (exact) mass is 235 g/mol. The summed E-state index contributed by atoms with van der Waals surface area (Å²) >= 11 is 0. The van der Waals surface area contributed by atoms with Crippen LogP contribution in [0.2, 0.25) is 0 Å². The van der Waals surface area contributed by atoms with Gasteiger partial charge in [0.1, 0.15) is 0 Å². The van der Waals surface area contributed by atoms with Crippen LogP contribution in [-0.2, 0) is 6.42 Å². The van der Waals surface area contributed by atoms with Gasteiger partial charge in [0.15, 0.2) is 0 Å². The third-order valence-electron chi connectivity index (χ3n) is 2.47. The number of carbonyl (C=O) groups excluding carboxylic acids is 1. The molecule has 4 nitrogen and oxygen atoms in total. The first-order valence-corrected chi connectivity index (χ1v) is 5.85. The smallest absolute Gasteiger partial charge is 0.251 e. The van der Waals surface area contributed by atoms with Crippen LogP contribution in [0.4, 0.5) is 0 Å². The molecule has 1 amide bonds. The van der Waals surface area contributed by atoms with Crippen molar-refractivity contribution in [1.29, 1.82) is 0 Å². The highest BCUT2D eigenvalue weighted by Gasteiger charge is 2.05. The normalized spacial score (nSPS) is 10.6. The van der Waals surface area contributed by atoms with Crippen LogP contribution in [0.3, 0.4) is 0 Å². The minimum Gasteiger partial charge on any atom is -0.351 e. The minimum atomic E-state index is -0.0225. The summed E-state index contributed by atoms with van der Waals surface area (Å²) in [6.45, 7) is 2.10. The fraction of sp³-hybridized carbons (Fsp3) is 0.462. The Balaban J connectivity index is 2.53. The summed E-state index contributed by atoms with van der Waals surface area (Å²) in [6, 6.07) is 7.61. The highest BCUT2D eigenvalue weighted by Crippen LogP contribution is 2.05. The van der Waals surface area contributed by atoms with E-state index < -0.39 is 0 Å². The fourth-order valence-corrected chi connectivity index (χ4v) is 1.53. The average molecular weight is 235 g/mol. The van der Waals surface area contributed by atoms with Crippen LogP contribution in [0.15, 0.2) is 24.3 Å². The molecule has 0 aliphatic heterocycles. The Morgan fingerprint density at radius 2 is 2.18 bits per heavy atom. The Kier molecular flexibility index (Phi) is 5.66. The molecule has 0 saturated carbocycles. The minimum absolute atomic E-state index is 0.0225. The summed E-state index contributed by atoms with van der Waals surface area (Å²) in [5.41, 5.74) is 7.30. The van der Waals surface area contributed by atoms with Crippen molar-refractivity contribution in [2.75, 3.05) is 33.7 Å². The largest absolute Gasteiger partial charge is 0.351 e. The first-order valence-electron chi connectivity index (χ1n) is 5.85. The van der Waals surface area contributed by atoms with Gasteiger partial charge in [-0.3, -0.25) is 4.79 Å². The number of hydrogen-bond acceptors (Lipinski definition) is 3. The van der Waals surface area contributed by atoms with Crippen molar-refractivity contribution >= 4 is 5.91 Å². The molecule has 0 fully saturated rings. The maximum absolute atomic E-state index is 11.8. The molecule has 0 aliphatic carbocycles. The van der Waals surface area contributed by atoms with E-state index in [0.29, 0.717) is 18.7 Å². The lowest BCUT2D eigenvalue weighted by Gasteiger charge is -2.10. The van der Waals surface area contributed by atoms with Crippen molar-refractivity contribution in [2.45, 2.75) is 6.42 Å². The second-order valence-corrected chi connectivity index (χ2v) is 4.30. The summed E-state index contributed by atoms with van der Waals surface area (Å²) in [7, 11) is 3.96. The van der Waals surface area contributed by atoms with Crippen molar-refractivity contribution in [3.63, 3.8) is 0 Å². The number of hydrogen-bond donors (Lipinski definition) is 2. The second-order valence-electron chi connectivity index (χ2n) is 4.30. The van der Waals surface area contributed by atoms with Gasteiger partial charge in [0, 0.05) is 18.7 Å². The molecule has 0 spiro atoms. The van der Waals surface area contributed by atoms with Crippen molar-refractivity contribution in [1.82, 2.24) is 10.2 Å². The van der Waals surface area contributed by atoms with E-state index in [2.05, 4.69) is 5.32 Å². The average Bonchev–Trinajstić information content (AvgIpc) is 2.29. The van der Waals surface area contributed by atoms with Gasteiger partial charge >= 0.3 is 0 Å². The lowest BCUT2D eigenvalue weighted by atomic mass is 10.1. The van der Waals surface area contributed by atoms with Crippen LogP contribution in [0.5, 0.6) is 0 Å². The zero-order valence-corrected chi connectivity index (χ0v) is 10.6. The molecule has 1 rings (SSSR count). The van der Waals surface area contributed by atoms with Crippen LogP contribution in [-0.4, -0.2) is 44.5 Å². The third kappa shape index (κ3) is 4.97. The van der Waals surface area contributed by atoms with E-state index in [1.165, 1.54) is 0 Å². The van der Waals surface area contributed by atoms with Crippen LogP contribution >= 0.6 is 0 Å². The lowest BCUT2D eigenvalue weighted by Crippen LogP contribution is -2.31. The van der Waals surface area contributed by atoms with Gasteiger partial charge in [-0.05, 0) is 44.8 Å². The number of nitrogens with one attached hydrogen (secondary N) is 1. The number of likely N-dealkylation sites (N-methyl/N-ethyl adjacent to an activating group) is 1. The molecule has 1 aromatic carbocycles. The van der Waals surface area contributed by atoms with Crippen molar-refractivity contribution < 1.29 is 4.79 Å². The maximum atomic E-state index is 11.8. The van der Waals surface area contributed by atoms with E-state index in [0.717, 1.165) is 18.5 Å². The van der Waals surface area contributed by atoms with Crippen LogP contribution in [0.25, 0.3) is 0 Å². The van der Waals surface area contributed by atoms with Gasteiger partial charge in [-0.15, -0.1) is 0 Å². The van der Waals surface area contributed by atoms with Gasteiger partial charge in [-0.2, -0.15) is 0 Å². The molecule has 0 atom stereocenters. The molecule has 94 valence electrons. The van der Waals surface area contributed by atoms with E-state index in [9.17, 15) is 4.79 Å². The standard InChI is InChI=1S/C13H21N3O/c1-16(2)9-8-15-13(17)12-5-3-4-11(10-12)6-7-14/h3-5,10H,6-9,14H2,1-2H3,(H,15,17). The number of carbonyl (C=O) groups is 1. The van der Waals surface area contributed by atoms with Crippen LogP contribution in [0, 0.1) is 0 Å². The molecule has 0 bridgehead atoms. The number of benzene rings is 1. The topological polar surface area (TPSA) is 58.4 Å². The molecule has 0 aromatic heterocycles. The quantitative estimate of drug-likeness (QED) is 0.754. The van der Waals surface area contributed by atoms with E-state index in [1.807, 2.05) is 43.3 Å². The van der Waals surface area contributed by atoms with Crippen LogP contribution < -0.4 is 11.1 Å². The first-order chi connectivity index (χ1) is 8.13. The Hall–Kier alpha value is -1.39. The second kappa shape index (κ2) is 7.04. The molecule has 0 heterocycles. The van der Waals surface area contributed by atoms with E-state index in [1.54, 1.807) is 0 Å². The Morgan fingerprint density at radius 1 is 1.41 bits per heavy atom. The van der Waals surface area contributed by atoms with Gasteiger partial charge in [-0.25, -0.2) is 0 Å². The van der Waals surface area contributed by atoms with E-state index in [4.69, 9.17) is 5.73 Å². The van der Waals surface area contributed by atoms with Gasteiger partial charge in [-0.1, -0.05) is 12.1 Å². The molecule has 0 radical (unpaired) electrons. The highest BCUT2D eigenvalue weighted by atomic mass is 16.1. The molecular formula is C13H21N3O. The van der Waals surface area contributed by atoms with Gasteiger partial charge < -0.3 is 16.0 Å². The number of rotatable bonds is 6. The molecule has 17 heavy (non-hydrogen) atoms. The number of amides is 1. The molecule has 4 heteroatoms. The molecule has 0 saturated heterocycles. The SMILES string of the molecule is CN(C)CCNC(=O)c1cccc(CCN)c1. The lowest BCUT2D eigenvalue weighted by molar-refractivity contribution is 0.0951. The molecule has 0 unspecified atom stereocenters. The van der Waals surface area contributed by atoms with E-state index in [-0.39, 0.29) is 5.91 Å². The molecule has 0 aliphatic rings. The third-order valence-corrected chi connectivity index (χ3v) is 2.47. The molecular weight excluding hydrogens is 214 g/mol. The maximum Gasteiger partial charge on any atom is 0.251 e. The zero-order chi connectivity index (χ0) is 12.7. The summed E-state index contributed by atoms with van der Waals surface area (Å²) in [4.78, 5) is 13.9. The zero-order valence-electron chi connectivity index (χ0n) is 10.6. The summed E-state index contributed by atoms with van der Waals surface area (Å²) < 4.78 is 0. The van der Waals surface area contributed by atoms with Crippen molar-refractivity contribution in [3.8, 4) is 0 Å². The van der Waals surface area contributed by atoms with E-state index >= 15 is 0 Å². The first kappa shape index (κ1) is 13.7. The van der Waals surface area contributed by atoms with Crippen molar-refractivity contribution in [3.05, 3.63) is 35.4 Å². The fourth-order valence-electron chi connectivity index (χ4n) is 1.53. The predicted molar refractivity (Wildman–Crippen MR) is 70.1 cm³/mol. The Morgan fingerprint density at radius 3 is 2.82 bits per heavy atom. The number of nitrogens with zero attached hydrogens (tertiary/aromatic N) is 1. The Labute approximate surface area is 103 Å². The molecule has 1 aromatic rings. The molecule has 3 N–H and O–H groups in total. The van der Waals surface area contributed by atoms with Crippen LogP contribution in [0.1, 0.15) is 15.9 Å². The predicted octanol–water partition coefficient (Wildman–Crippen LogP) is 0.479. The summed E-state index contributed by atoms with van der Waals surface area (Å²) in [5.74, 6) is -0.0225. The highest BCUT2D eigenvalue weighted by molar-refractivity contribution is 5.94. The Bertz CT molecular complexity index is 363.